The Morgan fingerprint density at radius 2 is 2.12 bits per heavy atom. The minimum atomic E-state index is -0.474. The quantitative estimate of drug-likeness (QED) is 0.835. The number of rotatable bonds is 2. The summed E-state index contributed by atoms with van der Waals surface area (Å²) in [5, 5.41) is 2.55. The molecule has 2 heterocycles. The van der Waals surface area contributed by atoms with E-state index in [1.54, 1.807) is 0 Å². The number of aromatic nitrogens is 3. The molecule has 0 aromatic carbocycles. The van der Waals surface area contributed by atoms with E-state index in [2.05, 4.69) is 20.3 Å². The van der Waals surface area contributed by atoms with Crippen LogP contribution in [-0.2, 0) is 0 Å². The van der Waals surface area contributed by atoms with E-state index in [1.807, 2.05) is 0 Å². The maximum atomic E-state index is 11.7. The van der Waals surface area contributed by atoms with E-state index in [0.717, 1.165) is 0 Å². The Morgan fingerprint density at radius 3 is 2.82 bits per heavy atom. The molecule has 0 bridgehead atoms. The molecule has 2 rings (SSSR count). The zero-order chi connectivity index (χ0) is 12.3. The summed E-state index contributed by atoms with van der Waals surface area (Å²) in [5.74, 6) is -0.321. The van der Waals surface area contributed by atoms with Crippen LogP contribution in [0, 0.1) is 0 Å². The number of nitrogens with one attached hydrogen (secondary N) is 2. The lowest BCUT2D eigenvalue weighted by atomic mass is 10.2. The van der Waals surface area contributed by atoms with Crippen molar-refractivity contribution < 1.29 is 4.79 Å². The summed E-state index contributed by atoms with van der Waals surface area (Å²) in [5.41, 5.74) is -0.140. The molecule has 17 heavy (non-hydrogen) atoms. The van der Waals surface area contributed by atoms with Gasteiger partial charge in [-0.25, -0.2) is 9.97 Å². The van der Waals surface area contributed by atoms with Crippen LogP contribution in [0.4, 0.5) is 5.82 Å². The van der Waals surface area contributed by atoms with Gasteiger partial charge in [-0.15, -0.1) is 0 Å². The molecular weight excluding hydrogens is 244 g/mol. The lowest BCUT2D eigenvalue weighted by Crippen LogP contribution is -2.16. The normalized spacial score (nSPS) is 9.94. The highest BCUT2D eigenvalue weighted by Gasteiger charge is 2.09. The third-order valence-corrected chi connectivity index (χ3v) is 2.20. The molecule has 2 aromatic heterocycles. The second-order valence-electron chi connectivity index (χ2n) is 3.09. The predicted octanol–water partition coefficient (Wildman–Crippen LogP) is 1.07. The summed E-state index contributed by atoms with van der Waals surface area (Å²) < 4.78 is 0. The van der Waals surface area contributed by atoms with Gasteiger partial charge in [-0.05, 0) is 6.07 Å². The van der Waals surface area contributed by atoms with Crippen LogP contribution in [-0.4, -0.2) is 20.9 Å². The summed E-state index contributed by atoms with van der Waals surface area (Å²) in [6.07, 6.45) is 4.19. The first kappa shape index (κ1) is 11.3. The fraction of sp³-hybridized carbons (Fsp3) is 0. The van der Waals surface area contributed by atoms with Gasteiger partial charge < -0.3 is 10.3 Å². The Balaban J connectivity index is 2.23. The molecule has 0 aliphatic heterocycles. The molecular formula is C10H7ClN4O2. The van der Waals surface area contributed by atoms with Crippen molar-refractivity contribution >= 4 is 23.3 Å². The van der Waals surface area contributed by atoms with Crippen LogP contribution in [0.2, 0.25) is 5.15 Å². The van der Waals surface area contributed by atoms with Crippen LogP contribution in [0.1, 0.15) is 10.4 Å². The van der Waals surface area contributed by atoms with E-state index < -0.39 is 5.91 Å². The summed E-state index contributed by atoms with van der Waals surface area (Å²) >= 11 is 5.73. The second-order valence-corrected chi connectivity index (χ2v) is 3.45. The molecule has 0 radical (unpaired) electrons. The van der Waals surface area contributed by atoms with Crippen molar-refractivity contribution in [3.8, 4) is 0 Å². The molecule has 7 heteroatoms. The van der Waals surface area contributed by atoms with Crippen LogP contribution in [0.25, 0.3) is 0 Å². The first-order valence-corrected chi connectivity index (χ1v) is 5.01. The fourth-order valence-electron chi connectivity index (χ4n) is 1.17. The Hall–Kier alpha value is -2.21. The van der Waals surface area contributed by atoms with Crippen molar-refractivity contribution in [3.05, 3.63) is 51.8 Å². The van der Waals surface area contributed by atoms with Crippen LogP contribution < -0.4 is 10.9 Å². The molecule has 0 saturated carbocycles. The van der Waals surface area contributed by atoms with E-state index in [-0.39, 0.29) is 22.1 Å². The molecule has 2 N–H and O–H groups in total. The van der Waals surface area contributed by atoms with E-state index in [0.29, 0.717) is 0 Å². The van der Waals surface area contributed by atoms with Gasteiger partial charge >= 0.3 is 0 Å². The number of hydrogen-bond acceptors (Lipinski definition) is 4. The Kier molecular flexibility index (Phi) is 3.15. The number of carbonyl (C=O) groups is 1. The number of hydrogen-bond donors (Lipinski definition) is 2. The van der Waals surface area contributed by atoms with Gasteiger partial charge in [0, 0.05) is 30.2 Å². The molecule has 0 aliphatic rings. The highest BCUT2D eigenvalue weighted by atomic mass is 35.5. The molecule has 0 unspecified atom stereocenters. The van der Waals surface area contributed by atoms with Crippen molar-refractivity contribution in [2.75, 3.05) is 5.32 Å². The average Bonchev–Trinajstić information content (AvgIpc) is 2.32. The largest absolute Gasteiger partial charge is 0.329 e. The lowest BCUT2D eigenvalue weighted by molar-refractivity contribution is 0.102. The number of aromatic amines is 1. The minimum Gasteiger partial charge on any atom is -0.329 e. The number of pyridine rings is 1. The van der Waals surface area contributed by atoms with Crippen molar-refractivity contribution in [2.45, 2.75) is 0 Å². The monoisotopic (exact) mass is 250 g/mol. The van der Waals surface area contributed by atoms with Gasteiger partial charge in [-0.3, -0.25) is 9.59 Å². The zero-order valence-corrected chi connectivity index (χ0v) is 9.23. The zero-order valence-electron chi connectivity index (χ0n) is 8.48. The molecule has 86 valence electrons. The molecule has 0 aliphatic carbocycles. The smallest absolute Gasteiger partial charge is 0.257 e. The van der Waals surface area contributed by atoms with E-state index in [4.69, 9.17) is 11.6 Å². The van der Waals surface area contributed by atoms with Gasteiger partial charge in [0.25, 0.3) is 5.91 Å². The third kappa shape index (κ3) is 2.67. The summed E-state index contributed by atoms with van der Waals surface area (Å²) in [4.78, 5) is 32.8. The van der Waals surface area contributed by atoms with Crippen molar-refractivity contribution in [1.82, 2.24) is 15.0 Å². The van der Waals surface area contributed by atoms with Crippen LogP contribution >= 0.6 is 11.6 Å². The number of nitrogens with zero attached hydrogens (tertiary/aromatic N) is 2. The number of amides is 1. The highest BCUT2D eigenvalue weighted by Crippen LogP contribution is 2.14. The van der Waals surface area contributed by atoms with Gasteiger partial charge in [0.15, 0.2) is 11.0 Å². The fourth-order valence-corrected chi connectivity index (χ4v) is 1.32. The third-order valence-electron chi connectivity index (χ3n) is 1.92. The lowest BCUT2D eigenvalue weighted by Gasteiger charge is -2.04. The van der Waals surface area contributed by atoms with Crippen LogP contribution in [0.15, 0.2) is 35.5 Å². The molecule has 0 saturated heterocycles. The summed E-state index contributed by atoms with van der Waals surface area (Å²) in [6.45, 7) is 0. The van der Waals surface area contributed by atoms with E-state index in [9.17, 15) is 9.59 Å². The maximum Gasteiger partial charge on any atom is 0.257 e. The van der Waals surface area contributed by atoms with Crippen molar-refractivity contribution in [3.63, 3.8) is 0 Å². The Labute approximate surface area is 101 Å². The van der Waals surface area contributed by atoms with Gasteiger partial charge in [0.2, 0.25) is 5.56 Å². The first-order chi connectivity index (χ1) is 8.16. The van der Waals surface area contributed by atoms with E-state index >= 15 is 0 Å². The summed E-state index contributed by atoms with van der Waals surface area (Å²) in [6, 6.07) is 2.65. The molecule has 2 aromatic rings. The van der Waals surface area contributed by atoms with Crippen LogP contribution in [0.5, 0.6) is 0 Å². The van der Waals surface area contributed by atoms with Crippen molar-refractivity contribution in [2.24, 2.45) is 0 Å². The molecule has 6 nitrogen and oxygen atoms in total. The SMILES string of the molecule is O=C(Nc1nccnc1Cl)c1cc[nH]c(=O)c1. The van der Waals surface area contributed by atoms with Gasteiger partial charge in [0.1, 0.15) is 0 Å². The van der Waals surface area contributed by atoms with Gasteiger partial charge in [-0.2, -0.15) is 0 Å². The average molecular weight is 251 g/mol. The van der Waals surface area contributed by atoms with Crippen molar-refractivity contribution in [1.29, 1.82) is 0 Å². The number of H-pyrrole nitrogens is 1. The standard InChI is InChI=1S/C10H7ClN4O2/c11-8-9(14-4-3-13-8)15-10(17)6-1-2-12-7(16)5-6/h1-5H,(H,12,16)(H,14,15,17). The number of anilines is 1. The minimum absolute atomic E-state index is 0.0886. The van der Waals surface area contributed by atoms with Gasteiger partial charge in [0.05, 0.1) is 0 Å². The molecule has 0 fully saturated rings. The van der Waals surface area contributed by atoms with Gasteiger partial charge in [-0.1, -0.05) is 11.6 Å². The Morgan fingerprint density at radius 1 is 1.35 bits per heavy atom. The number of halogens is 1. The topological polar surface area (TPSA) is 87.7 Å². The molecule has 0 spiro atoms. The molecule has 1 amide bonds. The van der Waals surface area contributed by atoms with E-state index in [1.165, 1.54) is 30.7 Å². The predicted molar refractivity (Wildman–Crippen MR) is 62.1 cm³/mol. The number of carbonyl (C=O) groups excluding carboxylic acids is 1. The molecule has 0 atom stereocenters. The second kappa shape index (κ2) is 4.75. The maximum absolute atomic E-state index is 11.7. The summed E-state index contributed by atoms with van der Waals surface area (Å²) in [7, 11) is 0. The first-order valence-electron chi connectivity index (χ1n) is 4.63. The highest BCUT2D eigenvalue weighted by molar-refractivity contribution is 6.32. The Bertz CT molecular complexity index is 611. The van der Waals surface area contributed by atoms with Crippen LogP contribution in [0.3, 0.4) is 0 Å².